The molecule has 2 rings (SSSR count). The zero-order valence-corrected chi connectivity index (χ0v) is 13.2. The Morgan fingerprint density at radius 1 is 1.60 bits per heavy atom. The Kier molecular flexibility index (Phi) is 5.92. The van der Waals surface area contributed by atoms with E-state index in [-0.39, 0.29) is 18.0 Å². The number of hydrogen-bond donors (Lipinski definition) is 2. The molecule has 0 spiro atoms. The largest absolute Gasteiger partial charge is 0.374 e. The van der Waals surface area contributed by atoms with E-state index in [0.29, 0.717) is 12.2 Å². The molecule has 0 amide bonds. The van der Waals surface area contributed by atoms with Crippen LogP contribution in [-0.4, -0.2) is 37.2 Å². The number of nitrogens with zero attached hydrogens (tertiary/aromatic N) is 1. The van der Waals surface area contributed by atoms with E-state index in [0.717, 1.165) is 30.5 Å². The minimum absolute atomic E-state index is 0.149. The van der Waals surface area contributed by atoms with Crippen LogP contribution in [0.4, 0.5) is 4.39 Å². The van der Waals surface area contributed by atoms with E-state index in [2.05, 4.69) is 33.2 Å². The maximum atomic E-state index is 14.0. The first-order valence-electron chi connectivity index (χ1n) is 6.90. The van der Waals surface area contributed by atoms with Gasteiger partial charge in [0, 0.05) is 23.1 Å². The summed E-state index contributed by atoms with van der Waals surface area (Å²) in [6, 6.07) is 4.52. The molecule has 1 aromatic rings. The Morgan fingerprint density at radius 2 is 2.40 bits per heavy atom. The third-order valence-electron chi connectivity index (χ3n) is 3.56. The van der Waals surface area contributed by atoms with Crippen LogP contribution < -0.4 is 11.3 Å². The Balaban J connectivity index is 2.16. The van der Waals surface area contributed by atoms with Crippen LogP contribution >= 0.6 is 15.9 Å². The molecule has 0 bridgehead atoms. The van der Waals surface area contributed by atoms with Crippen molar-refractivity contribution in [3.05, 3.63) is 34.1 Å². The zero-order valence-electron chi connectivity index (χ0n) is 11.6. The van der Waals surface area contributed by atoms with Crippen LogP contribution in [0.1, 0.15) is 24.9 Å². The van der Waals surface area contributed by atoms with Gasteiger partial charge >= 0.3 is 0 Å². The molecule has 3 N–H and O–H groups in total. The molecule has 1 aliphatic heterocycles. The molecule has 2 unspecified atom stereocenters. The van der Waals surface area contributed by atoms with Gasteiger partial charge in [0.25, 0.3) is 0 Å². The highest BCUT2D eigenvalue weighted by molar-refractivity contribution is 9.10. The van der Waals surface area contributed by atoms with Crippen molar-refractivity contribution in [2.24, 2.45) is 5.84 Å². The average Bonchev–Trinajstić information content (AvgIpc) is 2.44. The van der Waals surface area contributed by atoms with Gasteiger partial charge in [-0.15, -0.1) is 0 Å². The summed E-state index contributed by atoms with van der Waals surface area (Å²) in [5.74, 6) is 5.37. The standard InChI is InChI=1S/C14H21BrFN3O/c1-2-5-19-6-7-20-13(9-19)14(18-17)11-8-10(15)3-4-12(11)16/h3-4,8,13-14,18H,2,5-7,9,17H2,1H3. The van der Waals surface area contributed by atoms with E-state index >= 15 is 0 Å². The fourth-order valence-electron chi connectivity index (χ4n) is 2.60. The fraction of sp³-hybridized carbons (Fsp3) is 0.571. The molecule has 1 aromatic carbocycles. The van der Waals surface area contributed by atoms with Crippen LogP contribution in [0.25, 0.3) is 0 Å². The van der Waals surface area contributed by atoms with Crippen molar-refractivity contribution in [2.75, 3.05) is 26.2 Å². The van der Waals surface area contributed by atoms with Gasteiger partial charge in [0.1, 0.15) is 5.82 Å². The van der Waals surface area contributed by atoms with E-state index in [1.807, 2.05) is 0 Å². The minimum atomic E-state index is -0.354. The van der Waals surface area contributed by atoms with Crippen LogP contribution in [0.3, 0.4) is 0 Å². The van der Waals surface area contributed by atoms with Gasteiger partial charge in [0.15, 0.2) is 0 Å². The molecule has 1 saturated heterocycles. The van der Waals surface area contributed by atoms with Gasteiger partial charge in [-0.1, -0.05) is 22.9 Å². The van der Waals surface area contributed by atoms with Gasteiger partial charge in [0.2, 0.25) is 0 Å². The van der Waals surface area contributed by atoms with Crippen LogP contribution in [-0.2, 0) is 4.74 Å². The summed E-state index contributed by atoms with van der Waals surface area (Å²) in [6.07, 6.45) is 0.947. The van der Waals surface area contributed by atoms with Gasteiger partial charge in [-0.2, -0.15) is 0 Å². The molecule has 4 nitrogen and oxygen atoms in total. The lowest BCUT2D eigenvalue weighted by Gasteiger charge is -2.36. The van der Waals surface area contributed by atoms with Crippen LogP contribution in [0, 0.1) is 5.82 Å². The predicted molar refractivity (Wildman–Crippen MR) is 80.6 cm³/mol. The Morgan fingerprint density at radius 3 is 3.10 bits per heavy atom. The molecule has 0 saturated carbocycles. The minimum Gasteiger partial charge on any atom is -0.374 e. The third-order valence-corrected chi connectivity index (χ3v) is 4.06. The second-order valence-corrected chi connectivity index (χ2v) is 5.94. The smallest absolute Gasteiger partial charge is 0.128 e. The summed E-state index contributed by atoms with van der Waals surface area (Å²) in [6.45, 7) is 5.50. The molecular weight excluding hydrogens is 325 g/mol. The van der Waals surface area contributed by atoms with E-state index in [4.69, 9.17) is 10.6 Å². The normalized spacial score (nSPS) is 21.9. The Bertz CT molecular complexity index is 444. The Labute approximate surface area is 127 Å². The van der Waals surface area contributed by atoms with E-state index in [1.165, 1.54) is 6.07 Å². The number of nitrogens with two attached hydrogens (primary N) is 1. The van der Waals surface area contributed by atoms with Crippen molar-refractivity contribution in [3.8, 4) is 0 Å². The average molecular weight is 346 g/mol. The topological polar surface area (TPSA) is 50.5 Å². The van der Waals surface area contributed by atoms with Crippen molar-refractivity contribution >= 4 is 15.9 Å². The van der Waals surface area contributed by atoms with Crippen LogP contribution in [0.2, 0.25) is 0 Å². The summed E-state index contributed by atoms with van der Waals surface area (Å²) < 4.78 is 20.6. The number of rotatable bonds is 5. The van der Waals surface area contributed by atoms with Crippen LogP contribution in [0.5, 0.6) is 0 Å². The second-order valence-electron chi connectivity index (χ2n) is 5.02. The molecule has 2 atom stereocenters. The first kappa shape index (κ1) is 15.9. The van der Waals surface area contributed by atoms with Crippen molar-refractivity contribution in [1.82, 2.24) is 10.3 Å². The molecule has 0 aliphatic carbocycles. The fourth-order valence-corrected chi connectivity index (χ4v) is 2.98. The SMILES string of the molecule is CCCN1CCOC(C(NN)c2cc(Br)ccc2F)C1. The first-order valence-corrected chi connectivity index (χ1v) is 7.70. The lowest BCUT2D eigenvalue weighted by atomic mass is 10.00. The number of halogens is 2. The summed E-state index contributed by atoms with van der Waals surface area (Å²) in [4.78, 5) is 2.33. The highest BCUT2D eigenvalue weighted by atomic mass is 79.9. The molecule has 20 heavy (non-hydrogen) atoms. The van der Waals surface area contributed by atoms with Gasteiger partial charge in [-0.25, -0.2) is 4.39 Å². The lowest BCUT2D eigenvalue weighted by Crippen LogP contribution is -2.49. The highest BCUT2D eigenvalue weighted by Crippen LogP contribution is 2.26. The number of morpholine rings is 1. The van der Waals surface area contributed by atoms with E-state index in [1.54, 1.807) is 12.1 Å². The molecule has 6 heteroatoms. The summed E-state index contributed by atoms with van der Waals surface area (Å²) >= 11 is 3.37. The van der Waals surface area contributed by atoms with E-state index < -0.39 is 0 Å². The lowest BCUT2D eigenvalue weighted by molar-refractivity contribution is -0.0476. The van der Waals surface area contributed by atoms with Gasteiger partial charge in [0.05, 0.1) is 18.8 Å². The van der Waals surface area contributed by atoms with Gasteiger partial charge < -0.3 is 4.74 Å². The van der Waals surface area contributed by atoms with Crippen molar-refractivity contribution in [2.45, 2.75) is 25.5 Å². The summed E-state index contributed by atoms with van der Waals surface area (Å²) in [5, 5.41) is 0. The molecule has 0 aromatic heterocycles. The summed E-state index contributed by atoms with van der Waals surface area (Å²) in [5.41, 5.74) is 3.24. The number of benzene rings is 1. The molecule has 1 aliphatic rings. The highest BCUT2D eigenvalue weighted by Gasteiger charge is 2.30. The van der Waals surface area contributed by atoms with Gasteiger partial charge in [-0.05, 0) is 31.2 Å². The number of hydrogen-bond acceptors (Lipinski definition) is 4. The van der Waals surface area contributed by atoms with Crippen molar-refractivity contribution in [3.63, 3.8) is 0 Å². The number of hydrazine groups is 1. The third kappa shape index (κ3) is 3.77. The van der Waals surface area contributed by atoms with Gasteiger partial charge in [-0.3, -0.25) is 16.2 Å². The van der Waals surface area contributed by atoms with E-state index in [9.17, 15) is 4.39 Å². The Hall–Kier alpha value is -0.530. The number of nitrogens with one attached hydrogen (secondary N) is 1. The predicted octanol–water partition coefficient (Wildman–Crippen LogP) is 2.20. The number of ether oxygens (including phenoxy) is 1. The molecule has 1 heterocycles. The first-order chi connectivity index (χ1) is 9.65. The maximum Gasteiger partial charge on any atom is 0.128 e. The zero-order chi connectivity index (χ0) is 14.5. The molecule has 112 valence electrons. The van der Waals surface area contributed by atoms with Crippen LogP contribution in [0.15, 0.2) is 22.7 Å². The van der Waals surface area contributed by atoms with Crippen molar-refractivity contribution < 1.29 is 9.13 Å². The second kappa shape index (κ2) is 7.47. The van der Waals surface area contributed by atoms with Crippen molar-refractivity contribution in [1.29, 1.82) is 0 Å². The monoisotopic (exact) mass is 345 g/mol. The molecule has 1 fully saturated rings. The molecule has 0 radical (unpaired) electrons. The maximum absolute atomic E-state index is 14.0. The molecular formula is C14H21BrFN3O. The quantitative estimate of drug-likeness (QED) is 0.634. The summed E-state index contributed by atoms with van der Waals surface area (Å²) in [7, 11) is 0.